The van der Waals surface area contributed by atoms with Crippen LogP contribution in [0.4, 0.5) is 0 Å². The van der Waals surface area contributed by atoms with Crippen LogP contribution in [0, 0.1) is 24.2 Å². The highest BCUT2D eigenvalue weighted by Gasteiger charge is 2.29. The van der Waals surface area contributed by atoms with Gasteiger partial charge in [0, 0.05) is 36.8 Å². The molecule has 2 atom stereocenters. The van der Waals surface area contributed by atoms with Crippen LogP contribution in [0.5, 0.6) is 0 Å². The maximum absolute atomic E-state index is 12.9. The zero-order valence-electron chi connectivity index (χ0n) is 18.9. The topological polar surface area (TPSA) is 132 Å². The molecule has 1 aliphatic rings. The SMILES string of the molecule is CC(=O)N=C(N)c1ccccc1C(=O)N1CC(C)CC[C@H]1C.Cc1c(C#N)cc[nH]c1=O. The maximum atomic E-state index is 12.9. The lowest BCUT2D eigenvalue weighted by atomic mass is 9.93. The van der Waals surface area contributed by atoms with Gasteiger partial charge in [-0.05, 0) is 44.7 Å². The van der Waals surface area contributed by atoms with Gasteiger partial charge in [-0.25, -0.2) is 0 Å². The maximum Gasteiger partial charge on any atom is 0.254 e. The van der Waals surface area contributed by atoms with E-state index in [-0.39, 0.29) is 29.3 Å². The molecule has 1 unspecified atom stereocenters. The Balaban J connectivity index is 0.000000303. The van der Waals surface area contributed by atoms with Crippen LogP contribution in [0.1, 0.15) is 60.7 Å². The number of carbonyl (C=O) groups excluding carboxylic acids is 2. The molecule has 0 radical (unpaired) electrons. The third-order valence-electron chi connectivity index (χ3n) is 5.42. The van der Waals surface area contributed by atoms with Crippen LogP contribution in [-0.4, -0.2) is 40.1 Å². The lowest BCUT2D eigenvalue weighted by Gasteiger charge is -2.37. The van der Waals surface area contributed by atoms with Gasteiger partial charge in [-0.2, -0.15) is 10.3 Å². The van der Waals surface area contributed by atoms with E-state index < -0.39 is 0 Å². The number of piperidine rings is 1. The molecule has 2 aromatic rings. The molecule has 8 heteroatoms. The van der Waals surface area contributed by atoms with Crippen molar-refractivity contribution >= 4 is 17.6 Å². The molecule has 1 saturated heterocycles. The summed E-state index contributed by atoms with van der Waals surface area (Å²) in [6.07, 6.45) is 3.61. The number of nitrogens with two attached hydrogens (primary N) is 1. The second-order valence-corrected chi connectivity index (χ2v) is 8.01. The Morgan fingerprint density at radius 2 is 1.84 bits per heavy atom. The summed E-state index contributed by atoms with van der Waals surface area (Å²) in [5.41, 5.74) is 7.63. The smallest absolute Gasteiger partial charge is 0.254 e. The quantitative estimate of drug-likeness (QED) is 0.553. The van der Waals surface area contributed by atoms with Crippen LogP contribution in [0.3, 0.4) is 0 Å². The molecule has 3 N–H and O–H groups in total. The molecule has 1 aromatic carbocycles. The number of aromatic nitrogens is 1. The van der Waals surface area contributed by atoms with E-state index in [1.54, 1.807) is 37.3 Å². The molecule has 32 heavy (non-hydrogen) atoms. The van der Waals surface area contributed by atoms with Gasteiger partial charge in [-0.1, -0.05) is 25.1 Å². The molecule has 3 rings (SSSR count). The lowest BCUT2D eigenvalue weighted by molar-refractivity contribution is -0.115. The van der Waals surface area contributed by atoms with Gasteiger partial charge in [0.25, 0.3) is 11.5 Å². The summed E-state index contributed by atoms with van der Waals surface area (Å²) in [6.45, 7) is 7.93. The Morgan fingerprint density at radius 3 is 2.44 bits per heavy atom. The molecular weight excluding hydrogens is 406 g/mol. The van der Waals surface area contributed by atoms with Crippen molar-refractivity contribution in [1.29, 1.82) is 5.26 Å². The number of hydrogen-bond donors (Lipinski definition) is 2. The highest BCUT2D eigenvalue weighted by atomic mass is 16.2. The van der Waals surface area contributed by atoms with Gasteiger partial charge < -0.3 is 15.6 Å². The van der Waals surface area contributed by atoms with Gasteiger partial charge in [-0.15, -0.1) is 0 Å². The number of amides is 2. The molecular formula is C24H29N5O3. The second kappa shape index (κ2) is 11.0. The number of nitrogens with zero attached hydrogens (tertiary/aromatic N) is 3. The molecule has 8 nitrogen and oxygen atoms in total. The second-order valence-electron chi connectivity index (χ2n) is 8.01. The van der Waals surface area contributed by atoms with Gasteiger partial charge in [0.05, 0.1) is 17.2 Å². The standard InChI is InChI=1S/C17H23N3O2.C7H6N2O/c1-11-8-9-12(2)20(10-11)17(22)15-7-5-4-6-14(15)16(18)19-13(3)21;1-5-6(4-8)2-3-9-7(5)10/h4-7,11-12H,8-10H2,1-3H3,(H2,18,19,21);2-3H,1H3,(H,9,10)/t11?,12-;/m1./s1. The third-order valence-corrected chi connectivity index (χ3v) is 5.42. The number of H-pyrrole nitrogens is 1. The van der Waals surface area contributed by atoms with Crippen molar-refractivity contribution in [1.82, 2.24) is 9.88 Å². The number of amidine groups is 1. The van der Waals surface area contributed by atoms with E-state index in [0.717, 1.165) is 19.4 Å². The zero-order valence-corrected chi connectivity index (χ0v) is 18.9. The van der Waals surface area contributed by atoms with E-state index >= 15 is 0 Å². The van der Waals surface area contributed by atoms with Crippen LogP contribution >= 0.6 is 0 Å². The number of hydrogen-bond acceptors (Lipinski definition) is 4. The van der Waals surface area contributed by atoms with E-state index in [9.17, 15) is 14.4 Å². The van der Waals surface area contributed by atoms with Gasteiger partial charge in [-0.3, -0.25) is 14.4 Å². The van der Waals surface area contributed by atoms with Crippen LogP contribution in [-0.2, 0) is 4.79 Å². The minimum Gasteiger partial charge on any atom is -0.383 e. The van der Waals surface area contributed by atoms with E-state index in [4.69, 9.17) is 11.0 Å². The highest BCUT2D eigenvalue weighted by molar-refractivity contribution is 6.11. The van der Waals surface area contributed by atoms with Crippen molar-refractivity contribution in [3.05, 3.63) is 69.1 Å². The molecule has 0 bridgehead atoms. The number of carbonyl (C=O) groups is 2. The molecule has 1 fully saturated rings. The predicted octanol–water partition coefficient (Wildman–Crippen LogP) is 2.75. The predicted molar refractivity (Wildman–Crippen MR) is 123 cm³/mol. The van der Waals surface area contributed by atoms with E-state index in [2.05, 4.69) is 23.8 Å². The van der Waals surface area contributed by atoms with Crippen LogP contribution in [0.25, 0.3) is 0 Å². The number of pyridine rings is 1. The summed E-state index contributed by atoms with van der Waals surface area (Å²) in [5.74, 6) is 0.167. The first kappa shape index (κ1) is 24.5. The van der Waals surface area contributed by atoms with Gasteiger partial charge in [0.2, 0.25) is 5.91 Å². The fraction of sp³-hybridized carbons (Fsp3) is 0.375. The van der Waals surface area contributed by atoms with Crippen molar-refractivity contribution in [2.75, 3.05) is 6.54 Å². The molecule has 168 valence electrons. The van der Waals surface area contributed by atoms with Crippen molar-refractivity contribution in [2.24, 2.45) is 16.6 Å². The molecule has 2 amide bonds. The first-order valence-corrected chi connectivity index (χ1v) is 10.5. The Morgan fingerprint density at radius 1 is 1.19 bits per heavy atom. The number of nitriles is 1. The zero-order chi connectivity index (χ0) is 23.8. The minimum atomic E-state index is -0.375. The number of benzene rings is 1. The molecule has 1 aromatic heterocycles. The molecule has 0 spiro atoms. The molecule has 0 aliphatic carbocycles. The van der Waals surface area contributed by atoms with E-state index in [1.807, 2.05) is 11.0 Å². The van der Waals surface area contributed by atoms with Crippen LogP contribution in [0.15, 0.2) is 46.3 Å². The molecule has 0 saturated carbocycles. The first-order chi connectivity index (χ1) is 15.1. The number of nitrogens with one attached hydrogen (secondary N) is 1. The van der Waals surface area contributed by atoms with Crippen molar-refractivity contribution in [3.8, 4) is 6.07 Å². The van der Waals surface area contributed by atoms with Gasteiger partial charge >= 0.3 is 0 Å². The lowest BCUT2D eigenvalue weighted by Crippen LogP contribution is -2.45. The Hall–Kier alpha value is -3.73. The fourth-order valence-corrected chi connectivity index (χ4v) is 3.53. The Bertz CT molecular complexity index is 1110. The van der Waals surface area contributed by atoms with Gasteiger partial charge in [0.1, 0.15) is 5.84 Å². The van der Waals surface area contributed by atoms with E-state index in [0.29, 0.717) is 28.2 Å². The largest absolute Gasteiger partial charge is 0.383 e. The minimum absolute atomic E-state index is 0.0450. The normalized spacial score (nSPS) is 18.2. The average molecular weight is 436 g/mol. The van der Waals surface area contributed by atoms with Crippen LogP contribution in [0.2, 0.25) is 0 Å². The summed E-state index contributed by atoms with van der Waals surface area (Å²) in [4.78, 5) is 43.0. The summed E-state index contributed by atoms with van der Waals surface area (Å²) in [5, 5.41) is 8.44. The summed E-state index contributed by atoms with van der Waals surface area (Å²) >= 11 is 0. The van der Waals surface area contributed by atoms with E-state index in [1.165, 1.54) is 13.1 Å². The summed E-state index contributed by atoms with van der Waals surface area (Å²) in [6, 6.07) is 10.8. The average Bonchev–Trinajstić information content (AvgIpc) is 2.77. The first-order valence-electron chi connectivity index (χ1n) is 10.5. The number of likely N-dealkylation sites (tertiary alicyclic amines) is 1. The molecule has 2 heterocycles. The summed E-state index contributed by atoms with van der Waals surface area (Å²) < 4.78 is 0. The molecule has 1 aliphatic heterocycles. The number of aromatic amines is 1. The van der Waals surface area contributed by atoms with Crippen molar-refractivity contribution in [2.45, 2.75) is 46.6 Å². The van der Waals surface area contributed by atoms with Crippen molar-refractivity contribution in [3.63, 3.8) is 0 Å². The summed E-state index contributed by atoms with van der Waals surface area (Å²) in [7, 11) is 0. The number of aliphatic imine (C=N–C) groups is 1. The number of rotatable bonds is 2. The monoisotopic (exact) mass is 435 g/mol. The van der Waals surface area contributed by atoms with Crippen molar-refractivity contribution < 1.29 is 9.59 Å². The third kappa shape index (κ3) is 6.14. The Labute approximate surface area is 187 Å². The Kier molecular flexibility index (Phi) is 8.47. The van der Waals surface area contributed by atoms with Gasteiger partial charge in [0.15, 0.2) is 0 Å². The van der Waals surface area contributed by atoms with Crippen LogP contribution < -0.4 is 11.3 Å². The fourth-order valence-electron chi connectivity index (χ4n) is 3.53. The highest BCUT2D eigenvalue weighted by Crippen LogP contribution is 2.24.